The van der Waals surface area contributed by atoms with Crippen molar-refractivity contribution in [3.8, 4) is 0 Å². The van der Waals surface area contributed by atoms with Crippen molar-refractivity contribution >= 4 is 26.0 Å². The maximum atomic E-state index is 12.5. The van der Waals surface area contributed by atoms with Crippen molar-refractivity contribution in [1.29, 1.82) is 0 Å². The zero-order valence-electron chi connectivity index (χ0n) is 14.2. The molecule has 1 aliphatic heterocycles. The molecule has 1 aromatic carbocycles. The van der Waals surface area contributed by atoms with Crippen molar-refractivity contribution in [2.75, 3.05) is 13.1 Å². The van der Waals surface area contributed by atoms with Gasteiger partial charge in [0, 0.05) is 19.1 Å². The third-order valence-corrected chi connectivity index (χ3v) is 6.76. The van der Waals surface area contributed by atoms with Gasteiger partial charge in [-0.05, 0) is 49.2 Å². The number of nitrogens with two attached hydrogens (primary N) is 1. The Morgan fingerprint density at radius 2 is 1.63 bits per heavy atom. The highest BCUT2D eigenvalue weighted by molar-refractivity contribution is 7.89. The SMILES string of the molecule is NS(=O)(=O)c1ccc(S(=O)(=O)NC2CCN(C(=O)c3ccco3)CC2)cc1. The number of hydrogen-bond donors (Lipinski definition) is 2. The van der Waals surface area contributed by atoms with E-state index in [2.05, 4.69) is 4.72 Å². The standard InChI is InChI=1S/C16H19N3O6S2/c17-26(21,22)13-3-5-14(6-4-13)27(23,24)18-12-7-9-19(10-8-12)16(20)15-2-1-11-25-15/h1-6,11-12,18H,7-10H2,(H2,17,21,22). The molecule has 1 aliphatic rings. The minimum absolute atomic E-state index is 0.0519. The van der Waals surface area contributed by atoms with Crippen molar-refractivity contribution in [3.63, 3.8) is 0 Å². The lowest BCUT2D eigenvalue weighted by Crippen LogP contribution is -2.46. The summed E-state index contributed by atoms with van der Waals surface area (Å²) in [7, 11) is -7.70. The molecule has 0 atom stereocenters. The summed E-state index contributed by atoms with van der Waals surface area (Å²) in [5, 5.41) is 5.01. The molecule has 0 radical (unpaired) electrons. The average Bonchev–Trinajstić information content (AvgIpc) is 3.15. The Hall–Kier alpha value is -2.21. The maximum Gasteiger partial charge on any atom is 0.289 e. The fraction of sp³-hybridized carbons (Fsp3) is 0.312. The predicted molar refractivity (Wildman–Crippen MR) is 95.8 cm³/mol. The summed E-state index contributed by atoms with van der Waals surface area (Å²) in [5.74, 6) is 0.0314. The van der Waals surface area contributed by atoms with Gasteiger partial charge in [0.2, 0.25) is 20.0 Å². The number of carbonyl (C=O) groups excluding carboxylic acids is 1. The van der Waals surface area contributed by atoms with Crippen LogP contribution < -0.4 is 9.86 Å². The lowest BCUT2D eigenvalue weighted by Gasteiger charge is -2.31. The van der Waals surface area contributed by atoms with Crippen molar-refractivity contribution in [2.45, 2.75) is 28.7 Å². The van der Waals surface area contributed by atoms with Gasteiger partial charge in [-0.25, -0.2) is 26.7 Å². The van der Waals surface area contributed by atoms with E-state index in [9.17, 15) is 21.6 Å². The van der Waals surface area contributed by atoms with Crippen LogP contribution in [-0.4, -0.2) is 46.8 Å². The van der Waals surface area contributed by atoms with Crippen LogP contribution in [-0.2, 0) is 20.0 Å². The van der Waals surface area contributed by atoms with Gasteiger partial charge in [0.25, 0.3) is 5.91 Å². The first kappa shape index (κ1) is 19.5. The van der Waals surface area contributed by atoms with Crippen LogP contribution in [0.4, 0.5) is 0 Å². The lowest BCUT2D eigenvalue weighted by molar-refractivity contribution is 0.0679. The highest BCUT2D eigenvalue weighted by Gasteiger charge is 2.28. The molecule has 11 heteroatoms. The summed E-state index contributed by atoms with van der Waals surface area (Å²) in [5.41, 5.74) is 0. The molecule has 2 aromatic rings. The Morgan fingerprint density at radius 1 is 1.04 bits per heavy atom. The van der Waals surface area contributed by atoms with Crippen LogP contribution in [0.3, 0.4) is 0 Å². The van der Waals surface area contributed by atoms with Crippen LogP contribution in [0.25, 0.3) is 0 Å². The highest BCUT2D eigenvalue weighted by Crippen LogP contribution is 2.18. The van der Waals surface area contributed by atoms with Gasteiger partial charge < -0.3 is 9.32 Å². The molecule has 1 fully saturated rings. The molecule has 0 spiro atoms. The second-order valence-corrected chi connectivity index (χ2v) is 9.46. The van der Waals surface area contributed by atoms with Crippen LogP contribution in [0.2, 0.25) is 0 Å². The van der Waals surface area contributed by atoms with Crippen molar-refractivity contribution < 1.29 is 26.0 Å². The van der Waals surface area contributed by atoms with Gasteiger partial charge in [0.15, 0.2) is 5.76 Å². The van der Waals surface area contributed by atoms with E-state index in [4.69, 9.17) is 9.56 Å². The monoisotopic (exact) mass is 413 g/mol. The fourth-order valence-corrected chi connectivity index (χ4v) is 4.67. The quantitative estimate of drug-likeness (QED) is 0.732. The molecule has 3 N–H and O–H groups in total. The van der Waals surface area contributed by atoms with Gasteiger partial charge in [0.1, 0.15) is 0 Å². The number of likely N-dealkylation sites (tertiary alicyclic amines) is 1. The first-order valence-corrected chi connectivity index (χ1v) is 11.2. The van der Waals surface area contributed by atoms with Crippen LogP contribution in [0.15, 0.2) is 56.9 Å². The van der Waals surface area contributed by atoms with E-state index < -0.39 is 20.0 Å². The molecule has 0 unspecified atom stereocenters. The topological polar surface area (TPSA) is 140 Å². The number of carbonyl (C=O) groups is 1. The molecule has 9 nitrogen and oxygen atoms in total. The fourth-order valence-electron chi connectivity index (χ4n) is 2.85. The molecule has 146 valence electrons. The summed E-state index contributed by atoms with van der Waals surface area (Å²) in [4.78, 5) is 13.6. The number of nitrogens with zero attached hydrogens (tertiary/aromatic N) is 1. The normalized spacial score (nSPS) is 16.4. The summed E-state index contributed by atoms with van der Waals surface area (Å²) in [6.45, 7) is 0.800. The number of primary sulfonamides is 1. The van der Waals surface area contributed by atoms with E-state index in [1.807, 2.05) is 0 Å². The number of furan rings is 1. The first-order chi connectivity index (χ1) is 12.7. The van der Waals surface area contributed by atoms with E-state index in [0.717, 1.165) is 12.1 Å². The van der Waals surface area contributed by atoms with Gasteiger partial charge >= 0.3 is 0 Å². The zero-order valence-corrected chi connectivity index (χ0v) is 15.9. The molecule has 0 bridgehead atoms. The lowest BCUT2D eigenvalue weighted by atomic mass is 10.1. The van der Waals surface area contributed by atoms with E-state index in [1.165, 1.54) is 18.4 Å². The van der Waals surface area contributed by atoms with Crippen LogP contribution >= 0.6 is 0 Å². The Balaban J connectivity index is 1.61. The minimum Gasteiger partial charge on any atom is -0.459 e. The Labute approximate surface area is 157 Å². The van der Waals surface area contributed by atoms with E-state index in [-0.39, 0.29) is 27.5 Å². The second-order valence-electron chi connectivity index (χ2n) is 6.18. The van der Waals surface area contributed by atoms with Gasteiger partial charge in [0.05, 0.1) is 16.1 Å². The van der Waals surface area contributed by atoms with Crippen LogP contribution in [0.5, 0.6) is 0 Å². The Bertz CT molecular complexity index is 1010. The third kappa shape index (κ3) is 4.56. The summed E-state index contributed by atoms with van der Waals surface area (Å²) in [6, 6.07) is 7.57. The van der Waals surface area contributed by atoms with Gasteiger partial charge in [-0.3, -0.25) is 4.79 Å². The number of amides is 1. The number of benzene rings is 1. The molecule has 2 heterocycles. The van der Waals surface area contributed by atoms with E-state index in [1.54, 1.807) is 17.0 Å². The molecule has 1 amide bonds. The summed E-state index contributed by atoms with van der Waals surface area (Å²) in [6.07, 6.45) is 2.34. The van der Waals surface area contributed by atoms with Crippen molar-refractivity contribution in [3.05, 3.63) is 48.4 Å². The molecular weight excluding hydrogens is 394 g/mol. The first-order valence-electron chi connectivity index (χ1n) is 8.15. The number of piperidine rings is 1. The molecule has 27 heavy (non-hydrogen) atoms. The van der Waals surface area contributed by atoms with Crippen LogP contribution in [0, 0.1) is 0 Å². The number of rotatable bonds is 5. The van der Waals surface area contributed by atoms with Crippen molar-refractivity contribution in [1.82, 2.24) is 9.62 Å². The molecule has 3 rings (SSSR count). The average molecular weight is 413 g/mol. The summed E-state index contributed by atoms with van der Waals surface area (Å²) >= 11 is 0. The zero-order chi connectivity index (χ0) is 19.7. The van der Waals surface area contributed by atoms with Crippen LogP contribution in [0.1, 0.15) is 23.4 Å². The highest BCUT2D eigenvalue weighted by atomic mass is 32.2. The van der Waals surface area contributed by atoms with Gasteiger partial charge in [-0.1, -0.05) is 0 Å². The van der Waals surface area contributed by atoms with E-state index >= 15 is 0 Å². The van der Waals surface area contributed by atoms with Gasteiger partial charge in [-0.15, -0.1) is 0 Å². The largest absolute Gasteiger partial charge is 0.459 e. The number of hydrogen-bond acceptors (Lipinski definition) is 6. The molecular formula is C16H19N3O6S2. The van der Waals surface area contributed by atoms with Crippen molar-refractivity contribution in [2.24, 2.45) is 5.14 Å². The maximum absolute atomic E-state index is 12.5. The van der Waals surface area contributed by atoms with Gasteiger partial charge in [-0.2, -0.15) is 0 Å². The number of sulfonamides is 2. The minimum atomic E-state index is -3.89. The smallest absolute Gasteiger partial charge is 0.289 e. The Kier molecular flexibility index (Phi) is 5.38. The number of nitrogens with one attached hydrogen (secondary N) is 1. The second kappa shape index (κ2) is 7.43. The third-order valence-electron chi connectivity index (χ3n) is 4.30. The predicted octanol–water partition coefficient (Wildman–Crippen LogP) is 0.510. The molecule has 1 saturated heterocycles. The molecule has 1 aromatic heterocycles. The summed E-state index contributed by atoms with van der Waals surface area (Å²) < 4.78 is 55.2. The van der Waals surface area contributed by atoms with E-state index in [0.29, 0.717) is 25.9 Å². The molecule has 0 saturated carbocycles. The Morgan fingerprint density at radius 3 is 2.15 bits per heavy atom. The molecule has 0 aliphatic carbocycles.